The van der Waals surface area contributed by atoms with E-state index in [1.807, 2.05) is 20.8 Å². The number of nitrogens with one attached hydrogen (secondary N) is 1. The molecule has 1 unspecified atom stereocenters. The van der Waals surface area contributed by atoms with Crippen molar-refractivity contribution in [2.24, 2.45) is 5.41 Å². The van der Waals surface area contributed by atoms with E-state index in [-0.39, 0.29) is 50.9 Å². The van der Waals surface area contributed by atoms with E-state index in [0.29, 0.717) is 5.69 Å². The lowest BCUT2D eigenvalue weighted by Crippen LogP contribution is -2.64. The van der Waals surface area contributed by atoms with Gasteiger partial charge in [-0.05, 0) is 51.5 Å². The Morgan fingerprint density at radius 2 is 1.64 bits per heavy atom. The Hall–Kier alpha value is -4.26. The number of hydrogen-bond donors (Lipinski definition) is 1. The number of aldehydes is 1. The van der Waals surface area contributed by atoms with Crippen LogP contribution in [0.25, 0.3) is 5.69 Å². The zero-order valence-electron chi connectivity index (χ0n) is 26.5. The summed E-state index contributed by atoms with van der Waals surface area (Å²) >= 11 is 0. The van der Waals surface area contributed by atoms with Crippen molar-refractivity contribution in [3.63, 3.8) is 0 Å². The van der Waals surface area contributed by atoms with Gasteiger partial charge in [-0.25, -0.2) is 14.4 Å². The van der Waals surface area contributed by atoms with E-state index in [9.17, 15) is 24.0 Å². The molecular formula is C31H42N6O7. The number of rotatable bonds is 5. The second-order valence-corrected chi connectivity index (χ2v) is 13.4. The highest BCUT2D eigenvalue weighted by Crippen LogP contribution is 2.39. The summed E-state index contributed by atoms with van der Waals surface area (Å²) in [5.74, 6) is -0.177. The summed E-state index contributed by atoms with van der Waals surface area (Å²) in [6.07, 6.45) is 1.33. The normalized spacial score (nSPS) is 20.8. The Balaban J connectivity index is 1.39. The van der Waals surface area contributed by atoms with Crippen molar-refractivity contribution in [2.75, 3.05) is 38.1 Å². The predicted octanol–water partition coefficient (Wildman–Crippen LogP) is 3.05. The third kappa shape index (κ3) is 7.09. The van der Waals surface area contributed by atoms with Gasteiger partial charge < -0.3 is 24.1 Å². The third-order valence-corrected chi connectivity index (χ3v) is 7.51. The largest absolute Gasteiger partial charge is 0.444 e. The maximum absolute atomic E-state index is 13.9. The maximum Gasteiger partial charge on any atom is 0.413 e. The van der Waals surface area contributed by atoms with Crippen LogP contribution in [0.15, 0.2) is 41.3 Å². The van der Waals surface area contributed by atoms with E-state index in [1.165, 1.54) is 21.7 Å². The van der Waals surface area contributed by atoms with Crippen molar-refractivity contribution in [2.45, 2.75) is 72.3 Å². The number of hydrogen-bond acceptors (Lipinski definition) is 8. The number of piperazine rings is 1. The molecule has 2 aliphatic heterocycles. The van der Waals surface area contributed by atoms with Crippen LogP contribution in [-0.4, -0.2) is 98.7 Å². The number of carbonyl (C=O) groups is 4. The van der Waals surface area contributed by atoms with Gasteiger partial charge in [-0.3, -0.25) is 19.6 Å². The molecule has 3 heterocycles. The first-order valence-corrected chi connectivity index (χ1v) is 14.7. The summed E-state index contributed by atoms with van der Waals surface area (Å²) in [6, 6.07) is 8.03. The number of ether oxygens (including phenoxy) is 2. The molecule has 1 N–H and O–H groups in total. The molecule has 4 amide bonds. The van der Waals surface area contributed by atoms with E-state index in [0.717, 1.165) is 11.8 Å². The van der Waals surface area contributed by atoms with Gasteiger partial charge in [0.1, 0.15) is 29.5 Å². The molecular weight excluding hydrogens is 568 g/mol. The first kappa shape index (κ1) is 32.6. The van der Waals surface area contributed by atoms with Crippen LogP contribution in [0.5, 0.6) is 0 Å². The average molecular weight is 611 g/mol. The van der Waals surface area contributed by atoms with Gasteiger partial charge in [-0.15, -0.1) is 0 Å². The monoisotopic (exact) mass is 610 g/mol. The molecule has 13 heteroatoms. The number of benzene rings is 1. The Bertz CT molecular complexity index is 1450. The number of nitrogens with zero attached hydrogens (tertiary/aromatic N) is 5. The van der Waals surface area contributed by atoms with Crippen LogP contribution in [0, 0.1) is 5.41 Å². The molecule has 2 aromatic rings. The van der Waals surface area contributed by atoms with Gasteiger partial charge in [0.05, 0.1) is 12.3 Å². The second kappa shape index (κ2) is 12.4. The minimum atomic E-state index is -1.28. The van der Waals surface area contributed by atoms with E-state index in [4.69, 9.17) is 9.47 Å². The number of amides is 4. The first-order valence-electron chi connectivity index (χ1n) is 14.7. The number of urea groups is 1. The standard InChI is InChI=1S/C31H42N6O7/c1-29(2,3)25-37(28(42)44-30(4,5)6)31(7,20-43-25)24(39)34-15-17-35(18-16-34)26(40)32-23-12-14-36(27(41)33-23)22-10-8-21(9-11-22)13-19-38/h8-12,14,19,25H,13,15-18,20H2,1-7H3,(H,32,33,40,41)/t25-,31?/m0/s1. The van der Waals surface area contributed by atoms with Crippen LogP contribution in [0.1, 0.15) is 54.0 Å². The molecule has 0 saturated carbocycles. The lowest BCUT2D eigenvalue weighted by molar-refractivity contribution is -0.144. The number of carbonyl (C=O) groups excluding carboxylic acids is 4. The third-order valence-electron chi connectivity index (χ3n) is 7.51. The molecule has 2 saturated heterocycles. The quantitative estimate of drug-likeness (QED) is 0.509. The predicted molar refractivity (Wildman–Crippen MR) is 162 cm³/mol. The Morgan fingerprint density at radius 3 is 2.18 bits per heavy atom. The molecule has 2 fully saturated rings. The zero-order chi connectivity index (χ0) is 32.4. The van der Waals surface area contributed by atoms with Crippen molar-refractivity contribution >= 4 is 30.1 Å². The second-order valence-electron chi connectivity index (χ2n) is 13.4. The number of aromatic nitrogens is 2. The van der Waals surface area contributed by atoms with Gasteiger partial charge in [0.2, 0.25) is 0 Å². The zero-order valence-corrected chi connectivity index (χ0v) is 26.5. The summed E-state index contributed by atoms with van der Waals surface area (Å²) in [7, 11) is 0. The van der Waals surface area contributed by atoms with Crippen molar-refractivity contribution in [1.82, 2.24) is 24.3 Å². The molecule has 13 nitrogen and oxygen atoms in total. The average Bonchev–Trinajstić information content (AvgIpc) is 3.32. The smallest absolute Gasteiger partial charge is 0.413 e. The van der Waals surface area contributed by atoms with Crippen LogP contribution in [0.4, 0.5) is 15.4 Å². The van der Waals surface area contributed by atoms with Crippen molar-refractivity contribution in [3.8, 4) is 5.69 Å². The van der Waals surface area contributed by atoms with Crippen molar-refractivity contribution in [3.05, 3.63) is 52.6 Å². The topological polar surface area (TPSA) is 143 Å². The molecule has 0 spiro atoms. The molecule has 4 rings (SSSR count). The minimum Gasteiger partial charge on any atom is -0.444 e. The summed E-state index contributed by atoms with van der Waals surface area (Å²) < 4.78 is 13.0. The van der Waals surface area contributed by atoms with Gasteiger partial charge in [-0.1, -0.05) is 32.9 Å². The van der Waals surface area contributed by atoms with Crippen molar-refractivity contribution < 1.29 is 28.7 Å². The SMILES string of the molecule is CC(C)(C)OC(=O)N1[C@H](C(C)(C)C)OCC1(C)C(=O)N1CCN(C(=O)Nc2ccn(-c3ccc(CC=O)cc3)c(=O)n2)CC1. The number of anilines is 1. The summed E-state index contributed by atoms with van der Waals surface area (Å²) in [5.41, 5.74) is -1.67. The molecule has 2 aliphatic rings. The highest BCUT2D eigenvalue weighted by molar-refractivity contribution is 5.91. The molecule has 0 radical (unpaired) electrons. The molecule has 44 heavy (non-hydrogen) atoms. The van der Waals surface area contributed by atoms with E-state index in [2.05, 4.69) is 10.3 Å². The Labute approximate surface area is 257 Å². The molecule has 1 aromatic heterocycles. The van der Waals surface area contributed by atoms with E-state index >= 15 is 0 Å². The maximum atomic E-state index is 13.9. The summed E-state index contributed by atoms with van der Waals surface area (Å²) in [5, 5.41) is 2.66. The van der Waals surface area contributed by atoms with E-state index in [1.54, 1.807) is 61.8 Å². The first-order chi connectivity index (χ1) is 20.5. The van der Waals surface area contributed by atoms with Gasteiger partial charge >= 0.3 is 17.8 Å². The van der Waals surface area contributed by atoms with E-state index < -0.39 is 40.6 Å². The molecule has 0 aliphatic carbocycles. The molecule has 1 aromatic carbocycles. The van der Waals surface area contributed by atoms with Crippen LogP contribution in [0.3, 0.4) is 0 Å². The molecule has 238 valence electrons. The van der Waals surface area contributed by atoms with Crippen molar-refractivity contribution in [1.29, 1.82) is 0 Å². The van der Waals surface area contributed by atoms with Gasteiger partial charge in [0, 0.05) is 44.2 Å². The highest BCUT2D eigenvalue weighted by Gasteiger charge is 2.57. The van der Waals surface area contributed by atoms with Crippen LogP contribution < -0.4 is 11.0 Å². The molecule has 2 atom stereocenters. The fourth-order valence-electron chi connectivity index (χ4n) is 5.25. The lowest BCUT2D eigenvalue weighted by atomic mass is 9.91. The summed E-state index contributed by atoms with van der Waals surface area (Å²) in [6.45, 7) is 13.8. The molecule has 0 bridgehead atoms. The van der Waals surface area contributed by atoms with Gasteiger partial charge in [-0.2, -0.15) is 4.98 Å². The van der Waals surface area contributed by atoms with Crippen LogP contribution in [0.2, 0.25) is 0 Å². The lowest BCUT2D eigenvalue weighted by Gasteiger charge is -2.43. The highest BCUT2D eigenvalue weighted by atomic mass is 16.6. The van der Waals surface area contributed by atoms with Crippen LogP contribution in [-0.2, 0) is 25.5 Å². The Morgan fingerprint density at radius 1 is 1.02 bits per heavy atom. The summed E-state index contributed by atoms with van der Waals surface area (Å²) in [4.78, 5) is 72.2. The fourth-order valence-corrected chi connectivity index (χ4v) is 5.25. The Kier molecular flexibility index (Phi) is 9.19. The van der Waals surface area contributed by atoms with Crippen LogP contribution >= 0.6 is 0 Å². The van der Waals surface area contributed by atoms with Gasteiger partial charge in [0.15, 0.2) is 0 Å². The van der Waals surface area contributed by atoms with Gasteiger partial charge in [0.25, 0.3) is 5.91 Å². The fraction of sp³-hybridized carbons (Fsp3) is 0.548. The minimum absolute atomic E-state index is 0.0216.